The first kappa shape index (κ1) is 17.6. The lowest BCUT2D eigenvalue weighted by Crippen LogP contribution is -2.28. The molecule has 0 saturated carbocycles. The van der Waals surface area contributed by atoms with Crippen molar-refractivity contribution < 1.29 is 9.72 Å². The molecule has 1 heterocycles. The van der Waals surface area contributed by atoms with E-state index in [0.717, 1.165) is 31.2 Å². The minimum atomic E-state index is -0.445. The summed E-state index contributed by atoms with van der Waals surface area (Å²) in [5.41, 5.74) is 0.785. The number of unbranched alkanes of at least 4 members (excludes halogenated alkanes) is 3. The summed E-state index contributed by atoms with van der Waals surface area (Å²) in [6.45, 7) is 2.80. The van der Waals surface area contributed by atoms with Crippen molar-refractivity contribution in [1.29, 1.82) is 0 Å². The molecule has 1 saturated heterocycles. The fourth-order valence-electron chi connectivity index (χ4n) is 2.23. The van der Waals surface area contributed by atoms with Crippen LogP contribution < -0.4 is 0 Å². The summed E-state index contributed by atoms with van der Waals surface area (Å²) in [6.07, 6.45) is 6.08. The summed E-state index contributed by atoms with van der Waals surface area (Å²) in [7, 11) is 0. The lowest BCUT2D eigenvalue weighted by atomic mass is 10.2. The van der Waals surface area contributed by atoms with E-state index in [1.165, 1.54) is 23.9 Å². The molecule has 1 fully saturated rings. The van der Waals surface area contributed by atoms with Crippen molar-refractivity contribution in [3.63, 3.8) is 0 Å². The van der Waals surface area contributed by atoms with Crippen LogP contribution in [0.4, 0.5) is 5.69 Å². The summed E-state index contributed by atoms with van der Waals surface area (Å²) < 4.78 is 0.583. The molecule has 1 aromatic rings. The molecule has 0 aromatic heterocycles. The summed E-state index contributed by atoms with van der Waals surface area (Å²) in [5.74, 6) is -0.0742. The highest BCUT2D eigenvalue weighted by Gasteiger charge is 2.31. The maximum Gasteiger partial charge on any atom is 0.269 e. The number of thioether (sulfide) groups is 1. The molecule has 2 rings (SSSR count). The van der Waals surface area contributed by atoms with Gasteiger partial charge in [-0.25, -0.2) is 0 Å². The Hall–Kier alpha value is -1.73. The van der Waals surface area contributed by atoms with Crippen LogP contribution in [0.25, 0.3) is 6.08 Å². The van der Waals surface area contributed by atoms with Crippen molar-refractivity contribution in [1.82, 2.24) is 4.90 Å². The number of hydrogen-bond donors (Lipinski definition) is 0. The minimum absolute atomic E-state index is 0.0330. The number of nitrogens with zero attached hydrogens (tertiary/aromatic N) is 2. The van der Waals surface area contributed by atoms with E-state index in [9.17, 15) is 14.9 Å². The van der Waals surface area contributed by atoms with Crippen LogP contribution in [-0.4, -0.2) is 26.6 Å². The van der Waals surface area contributed by atoms with Gasteiger partial charge in [0.2, 0.25) is 0 Å². The zero-order valence-corrected chi connectivity index (χ0v) is 14.5. The molecule has 0 atom stereocenters. The Morgan fingerprint density at radius 3 is 2.57 bits per heavy atom. The second-order valence-corrected chi connectivity index (χ2v) is 6.92. The van der Waals surface area contributed by atoms with Crippen molar-refractivity contribution in [2.24, 2.45) is 0 Å². The first-order valence-electron chi connectivity index (χ1n) is 7.52. The number of carbonyl (C=O) groups is 1. The zero-order chi connectivity index (χ0) is 16.8. The molecule has 23 heavy (non-hydrogen) atoms. The van der Waals surface area contributed by atoms with E-state index in [0.29, 0.717) is 15.8 Å². The number of non-ortho nitro benzene ring substituents is 1. The molecule has 0 N–H and O–H groups in total. The lowest BCUT2D eigenvalue weighted by Gasteiger charge is -2.13. The number of amides is 1. The van der Waals surface area contributed by atoms with Gasteiger partial charge in [-0.05, 0) is 30.2 Å². The van der Waals surface area contributed by atoms with Gasteiger partial charge in [-0.1, -0.05) is 50.2 Å². The van der Waals surface area contributed by atoms with Gasteiger partial charge < -0.3 is 0 Å². The third-order valence-electron chi connectivity index (χ3n) is 3.51. The monoisotopic (exact) mass is 350 g/mol. The molecule has 7 heteroatoms. The number of nitro groups is 1. The number of thiocarbonyl (C=S) groups is 1. The van der Waals surface area contributed by atoms with Gasteiger partial charge in [0.25, 0.3) is 11.6 Å². The van der Waals surface area contributed by atoms with E-state index in [2.05, 4.69) is 6.92 Å². The van der Waals surface area contributed by atoms with E-state index in [4.69, 9.17) is 12.2 Å². The predicted molar refractivity (Wildman–Crippen MR) is 97.1 cm³/mol. The Balaban J connectivity index is 2.04. The highest BCUT2D eigenvalue weighted by molar-refractivity contribution is 8.26. The number of nitro benzene ring substituents is 1. The number of carbonyl (C=O) groups excluding carboxylic acids is 1. The topological polar surface area (TPSA) is 63.5 Å². The Bertz CT molecular complexity index is 641. The van der Waals surface area contributed by atoms with E-state index >= 15 is 0 Å². The van der Waals surface area contributed by atoms with Crippen LogP contribution in [0.2, 0.25) is 0 Å². The number of rotatable bonds is 7. The van der Waals surface area contributed by atoms with Crippen LogP contribution in [0.1, 0.15) is 38.2 Å². The summed E-state index contributed by atoms with van der Waals surface area (Å²) >= 11 is 6.57. The molecule has 0 bridgehead atoms. The van der Waals surface area contributed by atoms with Crippen molar-refractivity contribution >= 4 is 46.0 Å². The maximum atomic E-state index is 12.4. The van der Waals surface area contributed by atoms with E-state index in [1.807, 2.05) is 0 Å². The predicted octanol–water partition coefficient (Wildman–Crippen LogP) is 4.38. The third kappa shape index (κ3) is 4.62. The van der Waals surface area contributed by atoms with Crippen molar-refractivity contribution in [2.45, 2.75) is 32.6 Å². The van der Waals surface area contributed by atoms with Gasteiger partial charge in [-0.15, -0.1) is 0 Å². The molecular weight excluding hydrogens is 332 g/mol. The van der Waals surface area contributed by atoms with Gasteiger partial charge in [-0.3, -0.25) is 19.8 Å². The molecule has 1 aliphatic rings. The quantitative estimate of drug-likeness (QED) is 0.240. The smallest absolute Gasteiger partial charge is 0.269 e. The molecule has 0 aliphatic carbocycles. The maximum absolute atomic E-state index is 12.4. The summed E-state index contributed by atoms with van der Waals surface area (Å²) in [6, 6.07) is 6.12. The van der Waals surface area contributed by atoms with Gasteiger partial charge in [-0.2, -0.15) is 0 Å². The van der Waals surface area contributed by atoms with Crippen LogP contribution in [0, 0.1) is 10.1 Å². The Labute approximate surface area is 144 Å². The molecule has 0 spiro atoms. The van der Waals surface area contributed by atoms with Crippen molar-refractivity contribution in [2.75, 3.05) is 6.54 Å². The second-order valence-electron chi connectivity index (χ2n) is 5.24. The van der Waals surface area contributed by atoms with Crippen molar-refractivity contribution in [3.8, 4) is 0 Å². The summed E-state index contributed by atoms with van der Waals surface area (Å²) in [5, 5.41) is 10.6. The molecule has 5 nitrogen and oxygen atoms in total. The number of hydrogen-bond acceptors (Lipinski definition) is 5. The second kappa shape index (κ2) is 8.21. The Morgan fingerprint density at radius 1 is 1.26 bits per heavy atom. The van der Waals surface area contributed by atoms with E-state index in [-0.39, 0.29) is 11.6 Å². The Morgan fingerprint density at radius 2 is 1.96 bits per heavy atom. The molecule has 1 aliphatic heterocycles. The van der Waals surface area contributed by atoms with Gasteiger partial charge >= 0.3 is 0 Å². The largest absolute Gasteiger partial charge is 0.293 e. The highest BCUT2D eigenvalue weighted by atomic mass is 32.2. The average molecular weight is 350 g/mol. The lowest BCUT2D eigenvalue weighted by molar-refractivity contribution is -0.384. The zero-order valence-electron chi connectivity index (χ0n) is 12.9. The Kier molecular flexibility index (Phi) is 6.29. The first-order valence-corrected chi connectivity index (χ1v) is 8.75. The molecular formula is C16H18N2O3S2. The van der Waals surface area contributed by atoms with Crippen LogP contribution in [0.3, 0.4) is 0 Å². The standard InChI is InChI=1S/C16H18N2O3S2/c1-2-3-4-5-10-17-15(19)14(23-16(17)22)11-12-6-8-13(9-7-12)18(20)21/h6-9,11H,2-5,10H2,1H3/b14-11-. The average Bonchev–Trinajstić information content (AvgIpc) is 2.79. The molecule has 0 unspecified atom stereocenters. The van der Waals surface area contributed by atoms with E-state index in [1.54, 1.807) is 23.1 Å². The molecule has 0 radical (unpaired) electrons. The SMILES string of the molecule is CCCCCCN1C(=O)/C(=C/c2ccc([N+](=O)[O-])cc2)SC1=S. The molecule has 1 aromatic carbocycles. The molecule has 122 valence electrons. The highest BCUT2D eigenvalue weighted by Crippen LogP contribution is 2.33. The van der Waals surface area contributed by atoms with Crippen LogP contribution in [0.5, 0.6) is 0 Å². The fraction of sp³-hybridized carbons (Fsp3) is 0.375. The minimum Gasteiger partial charge on any atom is -0.293 e. The first-order chi connectivity index (χ1) is 11.0. The van der Waals surface area contributed by atoms with Crippen LogP contribution in [-0.2, 0) is 4.79 Å². The van der Waals surface area contributed by atoms with Crippen molar-refractivity contribution in [3.05, 3.63) is 44.8 Å². The van der Waals surface area contributed by atoms with Gasteiger partial charge in [0.1, 0.15) is 4.32 Å². The fourth-order valence-corrected chi connectivity index (χ4v) is 3.54. The molecule has 1 amide bonds. The van der Waals surface area contributed by atoms with Crippen LogP contribution in [0.15, 0.2) is 29.2 Å². The number of benzene rings is 1. The third-order valence-corrected chi connectivity index (χ3v) is 4.89. The summed E-state index contributed by atoms with van der Waals surface area (Å²) in [4.78, 5) is 24.8. The van der Waals surface area contributed by atoms with E-state index < -0.39 is 4.92 Å². The van der Waals surface area contributed by atoms with Gasteiger partial charge in [0, 0.05) is 18.7 Å². The normalized spacial score (nSPS) is 16.4. The van der Waals surface area contributed by atoms with Gasteiger partial charge in [0.15, 0.2) is 0 Å². The van der Waals surface area contributed by atoms with Crippen LogP contribution >= 0.6 is 24.0 Å². The van der Waals surface area contributed by atoms with Gasteiger partial charge in [0.05, 0.1) is 9.83 Å².